The van der Waals surface area contributed by atoms with Crippen molar-refractivity contribution in [2.24, 2.45) is 5.92 Å². The van der Waals surface area contributed by atoms with Crippen LogP contribution < -0.4 is 16.0 Å². The lowest BCUT2D eigenvalue weighted by Crippen LogP contribution is -2.32. The highest BCUT2D eigenvalue weighted by Crippen LogP contribution is 2.15. The van der Waals surface area contributed by atoms with Gasteiger partial charge >= 0.3 is 0 Å². The summed E-state index contributed by atoms with van der Waals surface area (Å²) < 4.78 is 0. The number of benzene rings is 1. The Balaban J connectivity index is 0.00000242. The molecule has 0 spiro atoms. The minimum atomic E-state index is -0.0852. The molecule has 1 aromatic rings. The molecule has 2 amide bonds. The molecule has 6 heteroatoms. The summed E-state index contributed by atoms with van der Waals surface area (Å²) >= 11 is 0. The molecule has 0 unspecified atom stereocenters. The van der Waals surface area contributed by atoms with Gasteiger partial charge in [-0.15, -0.1) is 12.4 Å². The van der Waals surface area contributed by atoms with Gasteiger partial charge in [0.15, 0.2) is 0 Å². The van der Waals surface area contributed by atoms with Crippen molar-refractivity contribution >= 4 is 29.9 Å². The first-order valence-corrected chi connectivity index (χ1v) is 7.47. The highest BCUT2D eigenvalue weighted by molar-refractivity contribution is 5.88. The smallest absolute Gasteiger partial charge is 0.221 e. The Morgan fingerprint density at radius 3 is 2.41 bits per heavy atom. The van der Waals surface area contributed by atoms with Gasteiger partial charge in [0.25, 0.3) is 0 Å². The topological polar surface area (TPSA) is 70.2 Å². The first-order chi connectivity index (χ1) is 10.1. The van der Waals surface area contributed by atoms with Crippen LogP contribution in [-0.2, 0) is 16.1 Å². The lowest BCUT2D eigenvalue weighted by molar-refractivity contribution is -0.122. The molecule has 1 fully saturated rings. The molecule has 1 heterocycles. The number of anilines is 1. The molecule has 0 saturated carbocycles. The third kappa shape index (κ3) is 6.45. The molecule has 5 nitrogen and oxygen atoms in total. The van der Waals surface area contributed by atoms with E-state index in [2.05, 4.69) is 16.0 Å². The van der Waals surface area contributed by atoms with Gasteiger partial charge in [-0.05, 0) is 49.5 Å². The minimum absolute atomic E-state index is 0. The predicted molar refractivity (Wildman–Crippen MR) is 90.1 cm³/mol. The van der Waals surface area contributed by atoms with Gasteiger partial charge in [-0.25, -0.2) is 0 Å². The normalized spacial score (nSPS) is 14.8. The largest absolute Gasteiger partial charge is 0.352 e. The zero-order chi connectivity index (χ0) is 15.1. The maximum absolute atomic E-state index is 11.9. The molecule has 0 bridgehead atoms. The number of carbonyl (C=O) groups is 2. The molecule has 2 rings (SSSR count). The molecule has 3 N–H and O–H groups in total. The monoisotopic (exact) mass is 325 g/mol. The van der Waals surface area contributed by atoms with Crippen LogP contribution >= 0.6 is 12.4 Å². The zero-order valence-corrected chi connectivity index (χ0v) is 13.7. The van der Waals surface area contributed by atoms with Crippen LogP contribution in [0.1, 0.15) is 31.7 Å². The summed E-state index contributed by atoms with van der Waals surface area (Å²) in [6.07, 6.45) is 2.78. The van der Waals surface area contributed by atoms with Crippen LogP contribution in [0.4, 0.5) is 5.69 Å². The first kappa shape index (κ1) is 18.5. The number of halogens is 1. The molecular weight excluding hydrogens is 302 g/mol. The van der Waals surface area contributed by atoms with Crippen molar-refractivity contribution in [3.63, 3.8) is 0 Å². The standard InChI is InChI=1S/C16H23N3O2.ClH/c1-12(20)19-15-4-2-14(3-5-15)11-18-16(21)10-13-6-8-17-9-7-13;/h2-5,13,17H,6-11H2,1H3,(H,18,21)(H,19,20);1H. The summed E-state index contributed by atoms with van der Waals surface area (Å²) in [5.74, 6) is 0.541. The number of nitrogens with one attached hydrogen (secondary N) is 3. The van der Waals surface area contributed by atoms with Crippen LogP contribution in [-0.4, -0.2) is 24.9 Å². The molecule has 0 aliphatic carbocycles. The zero-order valence-electron chi connectivity index (χ0n) is 12.9. The van der Waals surface area contributed by atoms with E-state index in [1.165, 1.54) is 6.92 Å². The van der Waals surface area contributed by atoms with E-state index in [1.54, 1.807) is 0 Å². The molecule has 1 saturated heterocycles. The Labute approximate surface area is 137 Å². The number of rotatable bonds is 5. The van der Waals surface area contributed by atoms with Crippen molar-refractivity contribution in [1.29, 1.82) is 0 Å². The van der Waals surface area contributed by atoms with Crippen molar-refractivity contribution in [2.75, 3.05) is 18.4 Å². The molecule has 1 aliphatic heterocycles. The molecular formula is C16H24ClN3O2. The fourth-order valence-corrected chi connectivity index (χ4v) is 2.53. The van der Waals surface area contributed by atoms with E-state index in [9.17, 15) is 9.59 Å². The second-order valence-electron chi connectivity index (χ2n) is 5.55. The van der Waals surface area contributed by atoms with Gasteiger partial charge in [-0.1, -0.05) is 12.1 Å². The minimum Gasteiger partial charge on any atom is -0.352 e. The van der Waals surface area contributed by atoms with Gasteiger partial charge in [0, 0.05) is 25.6 Å². The van der Waals surface area contributed by atoms with Crippen molar-refractivity contribution in [2.45, 2.75) is 32.7 Å². The average Bonchev–Trinajstić information content (AvgIpc) is 2.47. The van der Waals surface area contributed by atoms with Crippen LogP contribution in [0.3, 0.4) is 0 Å². The molecule has 122 valence electrons. The van der Waals surface area contributed by atoms with Gasteiger partial charge in [-0.2, -0.15) is 0 Å². The summed E-state index contributed by atoms with van der Waals surface area (Å²) in [5.41, 5.74) is 1.80. The predicted octanol–water partition coefficient (Wildman–Crippen LogP) is 2.07. The molecule has 0 aromatic heterocycles. The van der Waals surface area contributed by atoms with E-state index < -0.39 is 0 Å². The van der Waals surface area contributed by atoms with Crippen LogP contribution in [0, 0.1) is 5.92 Å². The number of carbonyl (C=O) groups excluding carboxylic acids is 2. The summed E-state index contributed by atoms with van der Waals surface area (Å²) in [6, 6.07) is 7.51. The Hall–Kier alpha value is -1.59. The summed E-state index contributed by atoms with van der Waals surface area (Å²) in [4.78, 5) is 22.8. The van der Waals surface area contributed by atoms with E-state index in [0.29, 0.717) is 18.9 Å². The van der Waals surface area contributed by atoms with Crippen molar-refractivity contribution in [3.05, 3.63) is 29.8 Å². The fourth-order valence-electron chi connectivity index (χ4n) is 2.53. The van der Waals surface area contributed by atoms with E-state index in [0.717, 1.165) is 37.2 Å². The molecule has 22 heavy (non-hydrogen) atoms. The van der Waals surface area contributed by atoms with Gasteiger partial charge in [0.2, 0.25) is 11.8 Å². The molecule has 1 aliphatic rings. The maximum atomic E-state index is 11.9. The SMILES string of the molecule is CC(=O)Nc1ccc(CNC(=O)CC2CCNCC2)cc1.Cl. The Bertz CT molecular complexity index is 485. The maximum Gasteiger partial charge on any atom is 0.221 e. The van der Waals surface area contributed by atoms with Gasteiger partial charge < -0.3 is 16.0 Å². The third-order valence-electron chi connectivity index (χ3n) is 3.70. The Kier molecular flexibility index (Phi) is 7.91. The summed E-state index contributed by atoms with van der Waals surface area (Å²) in [7, 11) is 0. The van der Waals surface area contributed by atoms with Crippen LogP contribution in [0.15, 0.2) is 24.3 Å². The van der Waals surface area contributed by atoms with Gasteiger partial charge in [0.05, 0.1) is 0 Å². The highest BCUT2D eigenvalue weighted by Gasteiger charge is 2.16. The molecule has 1 aromatic carbocycles. The average molecular weight is 326 g/mol. The Morgan fingerprint density at radius 2 is 1.82 bits per heavy atom. The quantitative estimate of drug-likeness (QED) is 0.776. The third-order valence-corrected chi connectivity index (χ3v) is 3.70. The van der Waals surface area contributed by atoms with E-state index in [-0.39, 0.29) is 24.2 Å². The van der Waals surface area contributed by atoms with Crippen molar-refractivity contribution in [3.8, 4) is 0 Å². The van der Waals surface area contributed by atoms with Gasteiger partial charge in [0.1, 0.15) is 0 Å². The number of hydrogen-bond donors (Lipinski definition) is 3. The molecule has 0 radical (unpaired) electrons. The second-order valence-corrected chi connectivity index (χ2v) is 5.55. The van der Waals surface area contributed by atoms with E-state index >= 15 is 0 Å². The Morgan fingerprint density at radius 1 is 1.18 bits per heavy atom. The van der Waals surface area contributed by atoms with E-state index in [1.807, 2.05) is 24.3 Å². The van der Waals surface area contributed by atoms with Crippen LogP contribution in [0.25, 0.3) is 0 Å². The second kappa shape index (κ2) is 9.43. The van der Waals surface area contributed by atoms with Crippen LogP contribution in [0.5, 0.6) is 0 Å². The van der Waals surface area contributed by atoms with Crippen molar-refractivity contribution < 1.29 is 9.59 Å². The molecule has 0 atom stereocenters. The highest BCUT2D eigenvalue weighted by atomic mass is 35.5. The van der Waals surface area contributed by atoms with E-state index in [4.69, 9.17) is 0 Å². The summed E-state index contributed by atoms with van der Waals surface area (Å²) in [5, 5.41) is 8.98. The van der Waals surface area contributed by atoms with Crippen molar-refractivity contribution in [1.82, 2.24) is 10.6 Å². The lowest BCUT2D eigenvalue weighted by Gasteiger charge is -2.21. The fraction of sp³-hybridized carbons (Fsp3) is 0.500. The van der Waals surface area contributed by atoms with Gasteiger partial charge in [-0.3, -0.25) is 9.59 Å². The summed E-state index contributed by atoms with van der Waals surface area (Å²) in [6.45, 7) is 4.05. The first-order valence-electron chi connectivity index (χ1n) is 7.47. The number of hydrogen-bond acceptors (Lipinski definition) is 3. The number of piperidine rings is 1. The number of amides is 2. The van der Waals surface area contributed by atoms with Crippen LogP contribution in [0.2, 0.25) is 0 Å². The lowest BCUT2D eigenvalue weighted by atomic mass is 9.94.